The molecule has 2 aromatic carbocycles. The van der Waals surface area contributed by atoms with Crippen LogP contribution in [0.4, 0.5) is 5.69 Å². The van der Waals surface area contributed by atoms with Gasteiger partial charge in [-0.15, -0.1) is 0 Å². The normalized spacial score (nSPS) is 18.6. The van der Waals surface area contributed by atoms with Gasteiger partial charge < -0.3 is 10.1 Å². The number of aryl methyl sites for hydroxylation is 1. The summed E-state index contributed by atoms with van der Waals surface area (Å²) in [5.41, 5.74) is 1.27. The molecule has 4 rings (SSSR count). The van der Waals surface area contributed by atoms with Gasteiger partial charge in [-0.1, -0.05) is 24.1 Å². The number of hydrogen-bond acceptors (Lipinski definition) is 6. The molecule has 0 unspecified atom stereocenters. The van der Waals surface area contributed by atoms with Gasteiger partial charge in [0.2, 0.25) is 26.0 Å². The van der Waals surface area contributed by atoms with Crippen LogP contribution in [0.15, 0.2) is 52.3 Å². The van der Waals surface area contributed by atoms with Crippen LogP contribution in [0.25, 0.3) is 0 Å². The third kappa shape index (κ3) is 5.59. The molecule has 2 aliphatic rings. The molecule has 0 atom stereocenters. The Bertz CT molecular complexity index is 1300. The maximum atomic E-state index is 13.1. The number of carbonyl (C=O) groups excluding carboxylic acids is 1. The standard InChI is InChI=1S/C25H33N3O6S2/c1-19-6-8-21(9-7-19)35(30,31)28-16-12-20(13-17-28)25(29)26-23-18-22(10-11-24(23)34-2)36(32,33)27-14-4-3-5-15-27/h6-11,18,20H,3-5,12-17H2,1-2H3,(H,26,29). The minimum absolute atomic E-state index is 0.111. The number of nitrogens with zero attached hydrogens (tertiary/aromatic N) is 2. The molecule has 0 spiro atoms. The van der Waals surface area contributed by atoms with Crippen LogP contribution >= 0.6 is 0 Å². The molecule has 36 heavy (non-hydrogen) atoms. The molecule has 2 heterocycles. The molecule has 0 aromatic heterocycles. The van der Waals surface area contributed by atoms with Gasteiger partial charge in [-0.05, 0) is 62.9 Å². The number of methoxy groups -OCH3 is 1. The first-order chi connectivity index (χ1) is 17.1. The van der Waals surface area contributed by atoms with Gasteiger partial charge in [0.05, 0.1) is 22.6 Å². The average Bonchev–Trinajstić information content (AvgIpc) is 2.89. The highest BCUT2D eigenvalue weighted by Crippen LogP contribution is 2.31. The van der Waals surface area contributed by atoms with Crippen LogP contribution in [0.2, 0.25) is 0 Å². The van der Waals surface area contributed by atoms with Crippen LogP contribution in [-0.4, -0.2) is 64.6 Å². The number of piperidine rings is 2. The number of sulfonamides is 2. The van der Waals surface area contributed by atoms with Crippen LogP contribution in [0.3, 0.4) is 0 Å². The van der Waals surface area contributed by atoms with Gasteiger partial charge in [0.1, 0.15) is 5.75 Å². The van der Waals surface area contributed by atoms with Crippen LogP contribution in [0, 0.1) is 12.8 Å². The summed E-state index contributed by atoms with van der Waals surface area (Å²) < 4.78 is 60.4. The number of ether oxygens (including phenoxy) is 1. The molecule has 2 aromatic rings. The minimum atomic E-state index is -3.67. The second-order valence-electron chi connectivity index (χ2n) is 9.31. The summed E-state index contributed by atoms with van der Waals surface area (Å²) in [6.07, 6.45) is 3.41. The van der Waals surface area contributed by atoms with Crippen LogP contribution in [0.1, 0.15) is 37.7 Å². The maximum absolute atomic E-state index is 13.1. The lowest BCUT2D eigenvalue weighted by Gasteiger charge is -2.30. The number of carbonyl (C=O) groups is 1. The highest BCUT2D eigenvalue weighted by atomic mass is 32.2. The van der Waals surface area contributed by atoms with Gasteiger partial charge in [0, 0.05) is 32.1 Å². The number of nitrogens with one attached hydrogen (secondary N) is 1. The topological polar surface area (TPSA) is 113 Å². The first-order valence-electron chi connectivity index (χ1n) is 12.2. The lowest BCUT2D eigenvalue weighted by Crippen LogP contribution is -2.41. The highest BCUT2D eigenvalue weighted by molar-refractivity contribution is 7.89. The fourth-order valence-electron chi connectivity index (χ4n) is 4.65. The third-order valence-electron chi connectivity index (χ3n) is 6.87. The molecule has 0 saturated carbocycles. The largest absolute Gasteiger partial charge is 0.495 e. The predicted molar refractivity (Wildman–Crippen MR) is 137 cm³/mol. The quantitative estimate of drug-likeness (QED) is 0.583. The molecule has 1 amide bonds. The summed E-state index contributed by atoms with van der Waals surface area (Å²) in [6, 6.07) is 11.2. The van der Waals surface area contributed by atoms with Crippen molar-refractivity contribution in [2.75, 3.05) is 38.6 Å². The molecular formula is C25H33N3O6S2. The van der Waals surface area contributed by atoms with E-state index in [4.69, 9.17) is 4.74 Å². The summed E-state index contributed by atoms with van der Waals surface area (Å²) in [4.78, 5) is 13.4. The van der Waals surface area contributed by atoms with Crippen molar-refractivity contribution in [2.45, 2.75) is 48.8 Å². The Hall–Kier alpha value is -2.47. The molecule has 0 radical (unpaired) electrons. The zero-order valence-corrected chi connectivity index (χ0v) is 22.3. The molecule has 9 nitrogen and oxygen atoms in total. The highest BCUT2D eigenvalue weighted by Gasteiger charge is 2.33. The van der Waals surface area contributed by atoms with E-state index in [0.29, 0.717) is 31.7 Å². The number of rotatable bonds is 7. The molecule has 11 heteroatoms. The fourth-order valence-corrected chi connectivity index (χ4v) is 7.67. The maximum Gasteiger partial charge on any atom is 0.243 e. The summed E-state index contributed by atoms with van der Waals surface area (Å²) >= 11 is 0. The van der Waals surface area contributed by atoms with E-state index in [9.17, 15) is 21.6 Å². The SMILES string of the molecule is COc1ccc(S(=O)(=O)N2CCCCC2)cc1NC(=O)C1CCN(S(=O)(=O)c2ccc(C)cc2)CC1. The van der Waals surface area contributed by atoms with Crippen molar-refractivity contribution in [3.05, 3.63) is 48.0 Å². The lowest BCUT2D eigenvalue weighted by atomic mass is 9.97. The molecule has 2 fully saturated rings. The zero-order chi connectivity index (χ0) is 25.9. The number of anilines is 1. The van der Waals surface area contributed by atoms with Gasteiger partial charge in [-0.3, -0.25) is 4.79 Å². The van der Waals surface area contributed by atoms with Gasteiger partial charge in [0.25, 0.3) is 0 Å². The van der Waals surface area contributed by atoms with E-state index < -0.39 is 26.0 Å². The number of benzene rings is 2. The van der Waals surface area contributed by atoms with E-state index in [2.05, 4.69) is 5.32 Å². The second kappa shape index (κ2) is 10.9. The Morgan fingerprint density at radius 2 is 1.39 bits per heavy atom. The summed E-state index contributed by atoms with van der Waals surface area (Å²) in [5.74, 6) is -0.324. The van der Waals surface area contributed by atoms with E-state index in [1.54, 1.807) is 30.3 Å². The number of hydrogen-bond donors (Lipinski definition) is 1. The van der Waals surface area contributed by atoms with Crippen LogP contribution in [-0.2, 0) is 24.8 Å². The molecule has 0 bridgehead atoms. The smallest absolute Gasteiger partial charge is 0.243 e. The van der Waals surface area contributed by atoms with Crippen molar-refractivity contribution in [1.29, 1.82) is 0 Å². The van der Waals surface area contributed by atoms with E-state index in [-0.39, 0.29) is 34.5 Å². The van der Waals surface area contributed by atoms with Crippen molar-refractivity contribution in [3.8, 4) is 5.75 Å². The molecule has 0 aliphatic carbocycles. The van der Waals surface area contributed by atoms with E-state index in [1.807, 2.05) is 6.92 Å². The third-order valence-corrected chi connectivity index (χ3v) is 10.7. The Labute approximate surface area is 213 Å². The van der Waals surface area contributed by atoms with Gasteiger partial charge in [-0.2, -0.15) is 8.61 Å². The van der Waals surface area contributed by atoms with E-state index >= 15 is 0 Å². The Balaban J connectivity index is 1.44. The van der Waals surface area contributed by atoms with Crippen molar-refractivity contribution >= 4 is 31.6 Å². The average molecular weight is 536 g/mol. The first-order valence-corrected chi connectivity index (χ1v) is 15.1. The summed E-state index contributed by atoms with van der Waals surface area (Å²) in [6.45, 7) is 3.33. The van der Waals surface area contributed by atoms with Crippen molar-refractivity contribution in [1.82, 2.24) is 8.61 Å². The van der Waals surface area contributed by atoms with Crippen molar-refractivity contribution < 1.29 is 26.4 Å². The van der Waals surface area contributed by atoms with E-state index in [1.165, 1.54) is 27.9 Å². The Kier molecular flexibility index (Phi) is 8.03. The molecule has 1 N–H and O–H groups in total. The lowest BCUT2D eigenvalue weighted by molar-refractivity contribution is -0.120. The van der Waals surface area contributed by atoms with Gasteiger partial charge in [0.15, 0.2) is 0 Å². The fraction of sp³-hybridized carbons (Fsp3) is 0.480. The van der Waals surface area contributed by atoms with E-state index in [0.717, 1.165) is 24.8 Å². The molecule has 2 saturated heterocycles. The van der Waals surface area contributed by atoms with Crippen LogP contribution < -0.4 is 10.1 Å². The van der Waals surface area contributed by atoms with Crippen LogP contribution in [0.5, 0.6) is 5.75 Å². The second-order valence-corrected chi connectivity index (χ2v) is 13.2. The van der Waals surface area contributed by atoms with Crippen molar-refractivity contribution in [2.24, 2.45) is 5.92 Å². The minimum Gasteiger partial charge on any atom is -0.495 e. The van der Waals surface area contributed by atoms with Gasteiger partial charge in [-0.25, -0.2) is 16.8 Å². The Morgan fingerprint density at radius 3 is 2.00 bits per heavy atom. The molecule has 2 aliphatic heterocycles. The predicted octanol–water partition coefficient (Wildman–Crippen LogP) is 3.22. The first kappa shape index (κ1) is 26.6. The number of amides is 1. The van der Waals surface area contributed by atoms with Gasteiger partial charge >= 0.3 is 0 Å². The molecular weight excluding hydrogens is 502 g/mol. The monoisotopic (exact) mass is 535 g/mol. The Morgan fingerprint density at radius 1 is 0.833 bits per heavy atom. The summed E-state index contributed by atoms with van der Waals surface area (Å²) in [7, 11) is -5.83. The zero-order valence-electron chi connectivity index (χ0n) is 20.6. The van der Waals surface area contributed by atoms with Crippen molar-refractivity contribution in [3.63, 3.8) is 0 Å². The summed E-state index contributed by atoms with van der Waals surface area (Å²) in [5, 5.41) is 2.82. The molecule has 196 valence electrons.